The van der Waals surface area contributed by atoms with Crippen molar-refractivity contribution >= 4 is 0 Å². The summed E-state index contributed by atoms with van der Waals surface area (Å²) in [5, 5.41) is 13.1. The Morgan fingerprint density at radius 2 is 2.25 bits per heavy atom. The maximum absolute atomic E-state index is 9.84. The SMILES string of the molecule is COc1cccc(CNC[C@H](O)[CH]Cc2ccco2)c1. The molecule has 0 aliphatic carbocycles. The van der Waals surface area contributed by atoms with Crippen LogP contribution in [0.1, 0.15) is 11.3 Å². The lowest BCUT2D eigenvalue weighted by Gasteiger charge is -2.11. The van der Waals surface area contributed by atoms with Gasteiger partial charge in [-0.05, 0) is 36.2 Å². The minimum atomic E-state index is -0.495. The summed E-state index contributed by atoms with van der Waals surface area (Å²) in [7, 11) is 1.65. The molecule has 2 rings (SSSR count). The third kappa shape index (κ3) is 4.72. The van der Waals surface area contributed by atoms with E-state index in [9.17, 15) is 5.11 Å². The molecule has 2 N–H and O–H groups in total. The number of nitrogens with one attached hydrogen (secondary N) is 1. The number of rotatable bonds is 8. The summed E-state index contributed by atoms with van der Waals surface area (Å²) in [5.74, 6) is 1.70. The number of benzene rings is 1. The molecule has 0 bridgehead atoms. The summed E-state index contributed by atoms with van der Waals surface area (Å²) < 4.78 is 10.4. The molecular weight excluding hydrogens is 254 g/mol. The highest BCUT2D eigenvalue weighted by Crippen LogP contribution is 2.12. The van der Waals surface area contributed by atoms with Gasteiger partial charge in [0.05, 0.1) is 19.5 Å². The molecule has 0 fully saturated rings. The van der Waals surface area contributed by atoms with Gasteiger partial charge in [0.15, 0.2) is 0 Å². The zero-order valence-electron chi connectivity index (χ0n) is 11.6. The Balaban J connectivity index is 1.66. The quantitative estimate of drug-likeness (QED) is 0.774. The maximum atomic E-state index is 9.84. The lowest BCUT2D eigenvalue weighted by Crippen LogP contribution is -2.27. The van der Waals surface area contributed by atoms with Gasteiger partial charge < -0.3 is 19.6 Å². The molecule has 1 heterocycles. The molecule has 1 aromatic heterocycles. The average Bonchev–Trinajstić information content (AvgIpc) is 2.99. The van der Waals surface area contributed by atoms with Crippen LogP contribution in [-0.2, 0) is 13.0 Å². The molecule has 0 aliphatic rings. The molecule has 1 atom stereocenters. The Morgan fingerprint density at radius 3 is 3.00 bits per heavy atom. The molecule has 0 aliphatic heterocycles. The predicted octanol–water partition coefficient (Wildman–Crippen LogP) is 2.19. The fourth-order valence-electron chi connectivity index (χ4n) is 1.91. The zero-order chi connectivity index (χ0) is 14.2. The van der Waals surface area contributed by atoms with Crippen LogP contribution in [-0.4, -0.2) is 24.9 Å². The minimum absolute atomic E-state index is 0.495. The summed E-state index contributed by atoms with van der Waals surface area (Å²) >= 11 is 0. The fourth-order valence-corrected chi connectivity index (χ4v) is 1.91. The smallest absolute Gasteiger partial charge is 0.119 e. The van der Waals surface area contributed by atoms with Crippen LogP contribution >= 0.6 is 0 Å². The number of methoxy groups -OCH3 is 1. The predicted molar refractivity (Wildman–Crippen MR) is 77.4 cm³/mol. The summed E-state index contributed by atoms with van der Waals surface area (Å²) in [4.78, 5) is 0. The first kappa shape index (κ1) is 14.6. The van der Waals surface area contributed by atoms with Gasteiger partial charge >= 0.3 is 0 Å². The lowest BCUT2D eigenvalue weighted by atomic mass is 10.1. The van der Waals surface area contributed by atoms with Crippen LogP contribution in [0.2, 0.25) is 0 Å². The van der Waals surface area contributed by atoms with E-state index in [1.807, 2.05) is 42.8 Å². The zero-order valence-corrected chi connectivity index (χ0v) is 11.6. The second-order valence-corrected chi connectivity index (χ2v) is 4.57. The summed E-state index contributed by atoms with van der Waals surface area (Å²) in [6, 6.07) is 11.6. The summed E-state index contributed by atoms with van der Waals surface area (Å²) in [6.07, 6.45) is 3.61. The van der Waals surface area contributed by atoms with Gasteiger partial charge in [-0.1, -0.05) is 12.1 Å². The van der Waals surface area contributed by atoms with E-state index in [0.29, 0.717) is 19.5 Å². The monoisotopic (exact) mass is 274 g/mol. The third-order valence-electron chi connectivity index (χ3n) is 2.99. The molecule has 0 unspecified atom stereocenters. The minimum Gasteiger partial charge on any atom is -0.497 e. The van der Waals surface area contributed by atoms with Crippen LogP contribution in [0.4, 0.5) is 0 Å². The van der Waals surface area contributed by atoms with E-state index in [-0.39, 0.29) is 0 Å². The van der Waals surface area contributed by atoms with Gasteiger partial charge in [-0.15, -0.1) is 0 Å². The Hall–Kier alpha value is -1.78. The van der Waals surface area contributed by atoms with Crippen LogP contribution in [0, 0.1) is 6.42 Å². The Kier molecular flexibility index (Phi) is 5.65. The highest BCUT2D eigenvalue weighted by Gasteiger charge is 2.06. The molecular formula is C16H20NO3. The number of hydrogen-bond donors (Lipinski definition) is 2. The second-order valence-electron chi connectivity index (χ2n) is 4.57. The maximum Gasteiger partial charge on any atom is 0.119 e. The fraction of sp³-hybridized carbons (Fsp3) is 0.312. The van der Waals surface area contributed by atoms with Gasteiger partial charge in [0, 0.05) is 19.5 Å². The average molecular weight is 274 g/mol. The number of hydrogen-bond acceptors (Lipinski definition) is 4. The Bertz CT molecular complexity index is 496. The van der Waals surface area contributed by atoms with Crippen LogP contribution < -0.4 is 10.1 Å². The van der Waals surface area contributed by atoms with Crippen molar-refractivity contribution in [3.63, 3.8) is 0 Å². The van der Waals surface area contributed by atoms with Gasteiger partial charge in [0.2, 0.25) is 0 Å². The van der Waals surface area contributed by atoms with Gasteiger partial charge in [0.25, 0.3) is 0 Å². The van der Waals surface area contributed by atoms with Crippen molar-refractivity contribution in [3.05, 3.63) is 60.4 Å². The van der Waals surface area contributed by atoms with Crippen LogP contribution in [0.5, 0.6) is 5.75 Å². The first-order chi connectivity index (χ1) is 9.78. The molecule has 20 heavy (non-hydrogen) atoms. The van der Waals surface area contributed by atoms with E-state index in [0.717, 1.165) is 17.1 Å². The van der Waals surface area contributed by atoms with Crippen molar-refractivity contribution in [3.8, 4) is 5.75 Å². The van der Waals surface area contributed by atoms with Crippen molar-refractivity contribution in [2.75, 3.05) is 13.7 Å². The van der Waals surface area contributed by atoms with Crippen molar-refractivity contribution < 1.29 is 14.3 Å². The van der Waals surface area contributed by atoms with Crippen LogP contribution in [0.25, 0.3) is 0 Å². The molecule has 4 heteroatoms. The first-order valence-corrected chi connectivity index (χ1v) is 6.65. The topological polar surface area (TPSA) is 54.6 Å². The van der Waals surface area contributed by atoms with E-state index in [1.54, 1.807) is 13.4 Å². The standard InChI is InChI=1S/C16H20NO3/c1-19-16-5-2-4-13(10-16)11-17-12-14(18)7-8-15-6-3-9-20-15/h2-7,9-10,14,17-18H,8,11-12H2,1H3/t14-/m1/s1. The van der Waals surface area contributed by atoms with E-state index in [2.05, 4.69) is 5.32 Å². The molecule has 4 nitrogen and oxygen atoms in total. The summed E-state index contributed by atoms with van der Waals surface area (Å²) in [6.45, 7) is 1.21. The van der Waals surface area contributed by atoms with E-state index >= 15 is 0 Å². The van der Waals surface area contributed by atoms with E-state index in [1.165, 1.54) is 0 Å². The van der Waals surface area contributed by atoms with Gasteiger partial charge in [-0.2, -0.15) is 0 Å². The number of aliphatic hydroxyl groups excluding tert-OH is 1. The first-order valence-electron chi connectivity index (χ1n) is 6.65. The number of aliphatic hydroxyl groups is 1. The van der Waals surface area contributed by atoms with E-state index < -0.39 is 6.10 Å². The third-order valence-corrected chi connectivity index (χ3v) is 2.99. The van der Waals surface area contributed by atoms with E-state index in [4.69, 9.17) is 9.15 Å². The molecule has 0 spiro atoms. The highest BCUT2D eigenvalue weighted by atomic mass is 16.5. The molecule has 1 radical (unpaired) electrons. The van der Waals surface area contributed by atoms with Crippen molar-refractivity contribution in [1.82, 2.24) is 5.32 Å². The van der Waals surface area contributed by atoms with Crippen molar-refractivity contribution in [2.45, 2.75) is 19.1 Å². The van der Waals surface area contributed by atoms with Crippen LogP contribution in [0.3, 0.4) is 0 Å². The van der Waals surface area contributed by atoms with Crippen molar-refractivity contribution in [2.24, 2.45) is 0 Å². The largest absolute Gasteiger partial charge is 0.497 e. The highest BCUT2D eigenvalue weighted by molar-refractivity contribution is 5.28. The summed E-state index contributed by atoms with van der Waals surface area (Å²) in [5.41, 5.74) is 1.13. The Morgan fingerprint density at radius 1 is 1.35 bits per heavy atom. The van der Waals surface area contributed by atoms with Gasteiger partial charge in [-0.25, -0.2) is 0 Å². The molecule has 2 aromatic rings. The normalized spacial score (nSPS) is 12.3. The lowest BCUT2D eigenvalue weighted by molar-refractivity contribution is 0.198. The van der Waals surface area contributed by atoms with Crippen LogP contribution in [0.15, 0.2) is 47.1 Å². The van der Waals surface area contributed by atoms with Gasteiger partial charge in [0.1, 0.15) is 11.5 Å². The van der Waals surface area contributed by atoms with Gasteiger partial charge in [-0.3, -0.25) is 0 Å². The molecule has 107 valence electrons. The molecule has 1 aromatic carbocycles. The second kappa shape index (κ2) is 7.72. The number of ether oxygens (including phenoxy) is 1. The Labute approximate surface area is 119 Å². The van der Waals surface area contributed by atoms with Crippen molar-refractivity contribution in [1.29, 1.82) is 0 Å². The number of furan rings is 1. The molecule has 0 saturated carbocycles. The molecule has 0 saturated heterocycles. The molecule has 0 amide bonds.